The number of hydrogen-bond acceptors (Lipinski definition) is 1. The van der Waals surface area contributed by atoms with Crippen molar-refractivity contribution in [2.24, 2.45) is 5.92 Å². The molecule has 2 heteroatoms. The second kappa shape index (κ2) is 8.84. The van der Waals surface area contributed by atoms with E-state index in [0.717, 1.165) is 38.3 Å². The quantitative estimate of drug-likeness (QED) is 0.514. The van der Waals surface area contributed by atoms with Crippen LogP contribution in [0.3, 0.4) is 0 Å². The van der Waals surface area contributed by atoms with E-state index in [0.29, 0.717) is 11.7 Å². The number of hydrogen-bond donors (Lipinski definition) is 0. The third-order valence-corrected chi connectivity index (χ3v) is 10.6. The van der Waals surface area contributed by atoms with Gasteiger partial charge in [0.1, 0.15) is 29.0 Å². The molecule has 0 radical (unpaired) electrons. The predicted molar refractivity (Wildman–Crippen MR) is 122 cm³/mol. The van der Waals surface area contributed by atoms with Crippen molar-refractivity contribution in [2.75, 3.05) is 6.16 Å². The minimum atomic E-state index is -1.74. The molecule has 1 aliphatic rings. The minimum absolute atomic E-state index is 0.296. The van der Waals surface area contributed by atoms with Gasteiger partial charge in [0.05, 0.1) is 6.16 Å². The van der Waals surface area contributed by atoms with Gasteiger partial charge in [-0.3, -0.25) is 4.79 Å². The SMILES string of the molecule is O=C1CCCC1CCC[P+](c1ccccc1)(c1ccccc1)c1ccccc1. The Morgan fingerprint density at radius 1 is 0.714 bits per heavy atom. The molecule has 0 amide bonds. The van der Waals surface area contributed by atoms with Gasteiger partial charge >= 0.3 is 0 Å². The van der Waals surface area contributed by atoms with Crippen LogP contribution in [0.25, 0.3) is 0 Å². The molecule has 1 fully saturated rings. The monoisotopic (exact) mass is 387 g/mol. The zero-order valence-electron chi connectivity index (χ0n) is 16.3. The standard InChI is InChI=1S/C26H28OP/c27-26-20-10-12-22(26)13-11-21-28(23-14-4-1-5-15-23,24-16-6-2-7-17-24)25-18-8-3-9-19-25/h1-9,14-19,22H,10-13,20-21H2/q+1. The van der Waals surface area contributed by atoms with E-state index < -0.39 is 7.26 Å². The Morgan fingerprint density at radius 2 is 1.18 bits per heavy atom. The van der Waals surface area contributed by atoms with Crippen molar-refractivity contribution in [1.29, 1.82) is 0 Å². The largest absolute Gasteiger partial charge is 0.299 e. The van der Waals surface area contributed by atoms with Crippen molar-refractivity contribution in [3.8, 4) is 0 Å². The van der Waals surface area contributed by atoms with Crippen LogP contribution in [0.1, 0.15) is 32.1 Å². The highest BCUT2D eigenvalue weighted by atomic mass is 31.2. The smallest absolute Gasteiger partial charge is 0.135 e. The lowest BCUT2D eigenvalue weighted by molar-refractivity contribution is -0.120. The van der Waals surface area contributed by atoms with Crippen molar-refractivity contribution in [3.05, 3.63) is 91.0 Å². The van der Waals surface area contributed by atoms with E-state index in [2.05, 4.69) is 91.0 Å². The zero-order valence-corrected chi connectivity index (χ0v) is 17.2. The van der Waals surface area contributed by atoms with Gasteiger partial charge in [-0.1, -0.05) is 54.6 Å². The highest BCUT2D eigenvalue weighted by Crippen LogP contribution is 2.56. The fraction of sp³-hybridized carbons (Fsp3) is 0.269. The fourth-order valence-corrected chi connectivity index (χ4v) is 9.02. The van der Waals surface area contributed by atoms with Crippen LogP contribution < -0.4 is 15.9 Å². The molecule has 0 bridgehead atoms. The van der Waals surface area contributed by atoms with Gasteiger partial charge in [0.15, 0.2) is 0 Å². The van der Waals surface area contributed by atoms with E-state index in [9.17, 15) is 4.79 Å². The Hall–Kier alpha value is -2.24. The average molecular weight is 387 g/mol. The van der Waals surface area contributed by atoms with Gasteiger partial charge < -0.3 is 0 Å². The summed E-state index contributed by atoms with van der Waals surface area (Å²) in [7, 11) is -1.74. The molecule has 0 saturated heterocycles. The van der Waals surface area contributed by atoms with Crippen LogP contribution in [-0.4, -0.2) is 11.9 Å². The zero-order chi connectivity index (χ0) is 19.2. The van der Waals surface area contributed by atoms with Gasteiger partial charge in [-0.05, 0) is 62.1 Å². The van der Waals surface area contributed by atoms with Gasteiger partial charge in [0.2, 0.25) is 0 Å². The lowest BCUT2D eigenvalue weighted by Gasteiger charge is -2.28. The molecule has 142 valence electrons. The molecule has 0 aromatic heterocycles. The van der Waals surface area contributed by atoms with Gasteiger partial charge in [-0.25, -0.2) is 0 Å². The normalized spacial score (nSPS) is 17.0. The van der Waals surface area contributed by atoms with Gasteiger partial charge in [-0.15, -0.1) is 0 Å². The van der Waals surface area contributed by atoms with Crippen LogP contribution >= 0.6 is 7.26 Å². The second-order valence-electron chi connectivity index (χ2n) is 7.74. The Balaban J connectivity index is 1.75. The van der Waals surface area contributed by atoms with Crippen molar-refractivity contribution >= 4 is 29.0 Å². The molecule has 0 spiro atoms. The number of Topliss-reactive ketones (excluding diaryl/α,β-unsaturated/α-hetero) is 1. The van der Waals surface area contributed by atoms with E-state index >= 15 is 0 Å². The summed E-state index contributed by atoms with van der Waals surface area (Å²) in [4.78, 5) is 12.1. The second-order valence-corrected chi connectivity index (χ2v) is 11.4. The maximum Gasteiger partial charge on any atom is 0.135 e. The average Bonchev–Trinajstić information content (AvgIpc) is 3.18. The van der Waals surface area contributed by atoms with Crippen LogP contribution in [0.4, 0.5) is 0 Å². The third kappa shape index (κ3) is 3.82. The molecule has 1 saturated carbocycles. The molecule has 0 heterocycles. The predicted octanol–water partition coefficient (Wildman–Crippen LogP) is 5.13. The number of carbonyl (C=O) groups excluding carboxylic acids is 1. The van der Waals surface area contributed by atoms with Crippen LogP contribution in [0, 0.1) is 5.92 Å². The lowest BCUT2D eigenvalue weighted by atomic mass is 10.0. The highest BCUT2D eigenvalue weighted by molar-refractivity contribution is 7.95. The van der Waals surface area contributed by atoms with Gasteiger partial charge in [0.25, 0.3) is 0 Å². The Labute approximate surface area is 169 Å². The molecule has 3 aromatic rings. The first-order valence-electron chi connectivity index (χ1n) is 10.4. The summed E-state index contributed by atoms with van der Waals surface area (Å²) < 4.78 is 0. The summed E-state index contributed by atoms with van der Waals surface area (Å²) >= 11 is 0. The number of rotatable bonds is 7. The molecule has 1 unspecified atom stereocenters. The summed E-state index contributed by atoms with van der Waals surface area (Å²) in [6.45, 7) is 0. The molecule has 3 aromatic carbocycles. The van der Waals surface area contributed by atoms with Crippen LogP contribution in [-0.2, 0) is 4.79 Å². The Kier molecular flexibility index (Phi) is 6.03. The minimum Gasteiger partial charge on any atom is -0.299 e. The van der Waals surface area contributed by atoms with E-state index in [1.807, 2.05) is 0 Å². The lowest BCUT2D eigenvalue weighted by Crippen LogP contribution is -2.33. The molecule has 28 heavy (non-hydrogen) atoms. The Morgan fingerprint density at radius 3 is 1.57 bits per heavy atom. The molecule has 4 rings (SSSR count). The van der Waals surface area contributed by atoms with Crippen LogP contribution in [0.5, 0.6) is 0 Å². The number of ketones is 1. The molecule has 0 aliphatic heterocycles. The summed E-state index contributed by atoms with van der Waals surface area (Å²) in [5.74, 6) is 0.785. The van der Waals surface area contributed by atoms with Gasteiger partial charge in [0, 0.05) is 12.3 Å². The van der Waals surface area contributed by atoms with Crippen molar-refractivity contribution in [3.63, 3.8) is 0 Å². The molecular weight excluding hydrogens is 359 g/mol. The van der Waals surface area contributed by atoms with Gasteiger partial charge in [-0.2, -0.15) is 0 Å². The molecule has 1 atom stereocenters. The molecule has 0 N–H and O–H groups in total. The summed E-state index contributed by atoms with van der Waals surface area (Å²) in [6.07, 6.45) is 6.22. The van der Waals surface area contributed by atoms with Crippen molar-refractivity contribution in [1.82, 2.24) is 0 Å². The Bertz CT molecular complexity index is 793. The molecular formula is C26H28OP+. The van der Waals surface area contributed by atoms with Crippen LogP contribution in [0.15, 0.2) is 91.0 Å². The van der Waals surface area contributed by atoms with Crippen molar-refractivity contribution in [2.45, 2.75) is 32.1 Å². The van der Waals surface area contributed by atoms with Crippen molar-refractivity contribution < 1.29 is 4.79 Å². The summed E-state index contributed by atoms with van der Waals surface area (Å²) in [6, 6.07) is 33.1. The maximum atomic E-state index is 12.1. The van der Waals surface area contributed by atoms with Crippen LogP contribution in [0.2, 0.25) is 0 Å². The first kappa shape index (κ1) is 19.1. The number of carbonyl (C=O) groups is 1. The first-order valence-corrected chi connectivity index (χ1v) is 12.4. The van der Waals surface area contributed by atoms with E-state index in [4.69, 9.17) is 0 Å². The topological polar surface area (TPSA) is 17.1 Å². The molecule has 1 aliphatic carbocycles. The summed E-state index contributed by atoms with van der Waals surface area (Å²) in [5.41, 5.74) is 0. The number of benzene rings is 3. The van der Waals surface area contributed by atoms with E-state index in [1.54, 1.807) is 0 Å². The van der Waals surface area contributed by atoms with E-state index in [-0.39, 0.29) is 0 Å². The summed E-state index contributed by atoms with van der Waals surface area (Å²) in [5, 5.41) is 4.31. The third-order valence-electron chi connectivity index (χ3n) is 6.07. The highest BCUT2D eigenvalue weighted by Gasteiger charge is 2.44. The van der Waals surface area contributed by atoms with E-state index in [1.165, 1.54) is 15.9 Å². The maximum absolute atomic E-state index is 12.1. The fourth-order valence-electron chi connectivity index (χ4n) is 4.65. The first-order chi connectivity index (χ1) is 13.8. The molecule has 1 nitrogen and oxygen atoms in total.